The van der Waals surface area contributed by atoms with Gasteiger partial charge in [0.2, 0.25) is 5.91 Å². The molecule has 1 aliphatic rings. The van der Waals surface area contributed by atoms with Crippen molar-refractivity contribution < 1.29 is 14.7 Å². The number of rotatable bonds is 7. The van der Waals surface area contributed by atoms with Gasteiger partial charge in [-0.15, -0.1) is 0 Å². The number of aryl methyl sites for hydroxylation is 1. The molecule has 0 saturated carbocycles. The van der Waals surface area contributed by atoms with Gasteiger partial charge in [0.1, 0.15) is 0 Å². The van der Waals surface area contributed by atoms with E-state index in [4.69, 9.17) is 0 Å². The van der Waals surface area contributed by atoms with Gasteiger partial charge in [0, 0.05) is 0 Å². The van der Waals surface area contributed by atoms with Crippen LogP contribution in [0.2, 0.25) is 0 Å². The van der Waals surface area contributed by atoms with Crippen molar-refractivity contribution >= 4 is 22.9 Å². The van der Waals surface area contributed by atoms with E-state index in [0.29, 0.717) is 6.42 Å². The number of imide groups is 1. The molecule has 0 aliphatic carbocycles. The van der Waals surface area contributed by atoms with Crippen LogP contribution in [-0.4, -0.2) is 21.5 Å². The number of carbonyl (C=O) groups excluding carboxylic acids is 2. The summed E-state index contributed by atoms with van der Waals surface area (Å²) < 4.78 is 0. The lowest BCUT2D eigenvalue weighted by atomic mass is 10.00. The Morgan fingerprint density at radius 1 is 1.00 bits per heavy atom. The van der Waals surface area contributed by atoms with Crippen LogP contribution in [0.1, 0.15) is 35.6 Å². The van der Waals surface area contributed by atoms with Crippen LogP contribution < -0.4 is 5.32 Å². The summed E-state index contributed by atoms with van der Waals surface area (Å²) in [5.41, 5.74) is 3.22. The predicted octanol–water partition coefficient (Wildman–Crippen LogP) is 3.64. The van der Waals surface area contributed by atoms with E-state index >= 15 is 0 Å². The van der Waals surface area contributed by atoms with Gasteiger partial charge in [0.25, 0.3) is 5.24 Å². The van der Waals surface area contributed by atoms with Gasteiger partial charge in [-0.25, -0.2) is 0 Å². The molecule has 1 heterocycles. The van der Waals surface area contributed by atoms with Crippen LogP contribution in [-0.2, 0) is 17.6 Å². The maximum atomic E-state index is 11.6. The summed E-state index contributed by atoms with van der Waals surface area (Å²) in [5, 5.41) is 11.9. The molecule has 25 heavy (non-hydrogen) atoms. The normalized spacial score (nSPS) is 18.2. The summed E-state index contributed by atoms with van der Waals surface area (Å²) in [6.07, 6.45) is 2.68. The molecule has 3 rings (SSSR count). The minimum atomic E-state index is -0.420. The molecule has 2 unspecified atom stereocenters. The fourth-order valence-electron chi connectivity index (χ4n) is 2.93. The molecule has 1 fully saturated rings. The van der Waals surface area contributed by atoms with Gasteiger partial charge >= 0.3 is 0 Å². The summed E-state index contributed by atoms with van der Waals surface area (Å²) in [7, 11) is 0. The summed E-state index contributed by atoms with van der Waals surface area (Å²) >= 11 is 1.06. The summed E-state index contributed by atoms with van der Waals surface area (Å²) in [4.78, 5) is 22.8. The number of benzene rings is 2. The number of carbonyl (C=O) groups is 2. The summed E-state index contributed by atoms with van der Waals surface area (Å²) in [5.74, 6) is -0.200. The van der Waals surface area contributed by atoms with Gasteiger partial charge in [0.05, 0.1) is 11.4 Å². The lowest BCUT2D eigenvalue weighted by Crippen LogP contribution is -2.25. The lowest BCUT2D eigenvalue weighted by molar-refractivity contribution is -0.118. The zero-order chi connectivity index (χ0) is 17.6. The molecule has 2 N–H and O–H groups in total. The minimum Gasteiger partial charge on any atom is -0.388 e. The maximum absolute atomic E-state index is 11.6. The Labute approximate surface area is 151 Å². The Bertz CT molecular complexity index is 730. The maximum Gasteiger partial charge on any atom is 0.286 e. The van der Waals surface area contributed by atoms with E-state index in [2.05, 4.69) is 17.4 Å². The summed E-state index contributed by atoms with van der Waals surface area (Å²) in [6.45, 7) is 0. The lowest BCUT2D eigenvalue weighted by Gasteiger charge is -2.11. The van der Waals surface area contributed by atoms with E-state index in [1.54, 1.807) is 0 Å². The van der Waals surface area contributed by atoms with Crippen LogP contribution in [0, 0.1) is 0 Å². The molecule has 2 aromatic rings. The molecule has 0 spiro atoms. The molecular formula is C20H21NO3S. The third kappa shape index (κ3) is 4.94. The second kappa shape index (κ2) is 8.32. The van der Waals surface area contributed by atoms with Gasteiger partial charge in [-0.2, -0.15) is 0 Å². The topological polar surface area (TPSA) is 66.4 Å². The number of hydrogen-bond donors (Lipinski definition) is 2. The average Bonchev–Trinajstić information content (AvgIpc) is 2.94. The first-order valence-electron chi connectivity index (χ1n) is 8.44. The second-order valence-corrected chi connectivity index (χ2v) is 7.40. The second-order valence-electron chi connectivity index (χ2n) is 6.22. The first kappa shape index (κ1) is 17.7. The zero-order valence-corrected chi connectivity index (χ0v) is 14.7. The molecule has 0 radical (unpaired) electrons. The van der Waals surface area contributed by atoms with E-state index in [-0.39, 0.29) is 16.4 Å². The van der Waals surface area contributed by atoms with Crippen molar-refractivity contribution in [3.05, 3.63) is 71.3 Å². The number of aliphatic hydroxyl groups is 1. The fourth-order valence-corrected chi connectivity index (χ4v) is 3.78. The molecule has 0 bridgehead atoms. The Balaban J connectivity index is 1.46. The minimum absolute atomic E-state index is 0.200. The van der Waals surface area contributed by atoms with E-state index < -0.39 is 6.10 Å². The van der Waals surface area contributed by atoms with Crippen molar-refractivity contribution in [2.75, 3.05) is 0 Å². The van der Waals surface area contributed by atoms with Crippen LogP contribution in [0.15, 0.2) is 54.6 Å². The average molecular weight is 355 g/mol. The van der Waals surface area contributed by atoms with E-state index in [1.165, 1.54) is 5.56 Å². The smallest absolute Gasteiger partial charge is 0.286 e. The van der Waals surface area contributed by atoms with E-state index in [0.717, 1.165) is 42.2 Å². The van der Waals surface area contributed by atoms with Gasteiger partial charge in [-0.05, 0) is 42.4 Å². The zero-order valence-electron chi connectivity index (χ0n) is 13.9. The van der Waals surface area contributed by atoms with E-state index in [1.807, 2.05) is 42.5 Å². The molecule has 2 atom stereocenters. The highest BCUT2D eigenvalue weighted by molar-refractivity contribution is 8.15. The fraction of sp³-hybridized carbons (Fsp3) is 0.300. The van der Waals surface area contributed by atoms with Crippen LogP contribution in [0.5, 0.6) is 0 Å². The van der Waals surface area contributed by atoms with Crippen molar-refractivity contribution in [2.24, 2.45) is 0 Å². The quantitative estimate of drug-likeness (QED) is 0.796. The third-order valence-corrected chi connectivity index (χ3v) is 5.32. The van der Waals surface area contributed by atoms with Gasteiger partial charge in [-0.3, -0.25) is 14.9 Å². The monoisotopic (exact) mass is 355 g/mol. The number of thioether (sulfide) groups is 1. The first-order valence-corrected chi connectivity index (χ1v) is 9.32. The molecule has 5 heteroatoms. The Morgan fingerprint density at radius 2 is 1.68 bits per heavy atom. The largest absolute Gasteiger partial charge is 0.388 e. The highest BCUT2D eigenvalue weighted by Gasteiger charge is 2.31. The van der Waals surface area contributed by atoms with Crippen molar-refractivity contribution in [3.63, 3.8) is 0 Å². The molecule has 2 aromatic carbocycles. The van der Waals surface area contributed by atoms with Crippen LogP contribution >= 0.6 is 11.8 Å². The first-order chi connectivity index (χ1) is 12.1. The predicted molar refractivity (Wildman–Crippen MR) is 99.4 cm³/mol. The standard InChI is InChI=1S/C20H21NO3S/c22-17(16-6-2-1-3-7-16)8-4-5-14-9-11-15(12-10-14)13-18-19(23)21-20(24)25-18/h1-3,6-7,9-12,17-18,22H,4-5,8,13H2,(H,21,23,24). The number of aliphatic hydroxyl groups excluding tert-OH is 1. The molecular weight excluding hydrogens is 334 g/mol. The molecule has 2 amide bonds. The number of hydrogen-bond acceptors (Lipinski definition) is 4. The molecule has 1 saturated heterocycles. The highest BCUT2D eigenvalue weighted by Crippen LogP contribution is 2.23. The summed E-state index contributed by atoms with van der Waals surface area (Å²) in [6, 6.07) is 17.9. The number of amides is 2. The highest BCUT2D eigenvalue weighted by atomic mass is 32.2. The number of nitrogens with one attached hydrogen (secondary N) is 1. The molecule has 130 valence electrons. The van der Waals surface area contributed by atoms with Crippen LogP contribution in [0.25, 0.3) is 0 Å². The van der Waals surface area contributed by atoms with Crippen molar-refractivity contribution in [1.29, 1.82) is 0 Å². The Morgan fingerprint density at radius 3 is 2.32 bits per heavy atom. The van der Waals surface area contributed by atoms with Crippen molar-refractivity contribution in [1.82, 2.24) is 5.32 Å². The van der Waals surface area contributed by atoms with Crippen LogP contribution in [0.4, 0.5) is 4.79 Å². The molecule has 0 aromatic heterocycles. The molecule has 1 aliphatic heterocycles. The van der Waals surface area contributed by atoms with Crippen molar-refractivity contribution in [2.45, 2.75) is 37.0 Å². The van der Waals surface area contributed by atoms with Gasteiger partial charge < -0.3 is 5.11 Å². The van der Waals surface area contributed by atoms with Crippen LogP contribution in [0.3, 0.4) is 0 Å². The Kier molecular flexibility index (Phi) is 5.89. The SMILES string of the molecule is O=C1NC(=O)C(Cc2ccc(CCCC(O)c3ccccc3)cc2)S1. The third-order valence-electron chi connectivity index (χ3n) is 4.34. The van der Waals surface area contributed by atoms with Crippen molar-refractivity contribution in [3.8, 4) is 0 Å². The van der Waals surface area contributed by atoms with Gasteiger partial charge in [0.15, 0.2) is 0 Å². The van der Waals surface area contributed by atoms with E-state index in [9.17, 15) is 14.7 Å². The van der Waals surface area contributed by atoms with Gasteiger partial charge in [-0.1, -0.05) is 66.4 Å². The molecule has 4 nitrogen and oxygen atoms in total. The Hall–Kier alpha value is -2.11.